The third-order valence-electron chi connectivity index (χ3n) is 1.65. The summed E-state index contributed by atoms with van der Waals surface area (Å²) in [5.74, 6) is -0.156. The standard InChI is InChI=1S/C8H9NO3.P/c1-5-8(12)7(4-11)6(3-10)2-9-5;/h2,4,10,12H,3H2,1H3;. The smallest absolute Gasteiger partial charge is 0.154 e. The summed E-state index contributed by atoms with van der Waals surface area (Å²) in [7, 11) is 0. The molecule has 0 spiro atoms. The number of carbonyl (C=O) groups excluding carboxylic acids is 1. The first kappa shape index (κ1) is 12.0. The van der Waals surface area contributed by atoms with Gasteiger partial charge in [0.1, 0.15) is 5.75 Å². The molecular formula is C8H9NO3P. The van der Waals surface area contributed by atoms with Gasteiger partial charge in [-0.2, -0.15) is 0 Å². The highest BCUT2D eigenvalue weighted by Crippen LogP contribution is 2.21. The van der Waals surface area contributed by atoms with Crippen molar-refractivity contribution in [1.29, 1.82) is 0 Å². The van der Waals surface area contributed by atoms with Crippen LogP contribution in [0.25, 0.3) is 0 Å². The van der Waals surface area contributed by atoms with Gasteiger partial charge in [-0.1, -0.05) is 0 Å². The molecule has 0 saturated carbocycles. The lowest BCUT2D eigenvalue weighted by Gasteiger charge is -2.04. The topological polar surface area (TPSA) is 70.4 Å². The summed E-state index contributed by atoms with van der Waals surface area (Å²) in [6, 6.07) is 0. The van der Waals surface area contributed by atoms with Gasteiger partial charge in [-0.05, 0) is 6.92 Å². The van der Waals surface area contributed by atoms with Crippen molar-refractivity contribution in [2.24, 2.45) is 0 Å². The van der Waals surface area contributed by atoms with Crippen molar-refractivity contribution in [3.8, 4) is 5.75 Å². The Morgan fingerprint density at radius 2 is 2.23 bits per heavy atom. The molecular weight excluding hydrogens is 189 g/mol. The van der Waals surface area contributed by atoms with Crippen molar-refractivity contribution in [2.75, 3.05) is 0 Å². The third kappa shape index (κ3) is 2.23. The van der Waals surface area contributed by atoms with Crippen molar-refractivity contribution < 1.29 is 15.0 Å². The maximum absolute atomic E-state index is 10.5. The van der Waals surface area contributed by atoms with Crippen molar-refractivity contribution >= 4 is 16.2 Å². The molecule has 0 amide bonds. The first-order chi connectivity index (χ1) is 5.70. The molecule has 0 bridgehead atoms. The fraction of sp³-hybridized carbons (Fsp3) is 0.250. The Hall–Kier alpha value is -0.990. The van der Waals surface area contributed by atoms with Crippen molar-refractivity contribution in [3.05, 3.63) is 23.0 Å². The SMILES string of the molecule is Cc1ncc(CO)c(C=O)c1O.[P]. The van der Waals surface area contributed by atoms with E-state index >= 15 is 0 Å². The number of aliphatic hydroxyl groups excluding tert-OH is 1. The fourth-order valence-corrected chi connectivity index (χ4v) is 0.910. The van der Waals surface area contributed by atoms with E-state index in [2.05, 4.69) is 4.98 Å². The van der Waals surface area contributed by atoms with Crippen LogP contribution in [0.2, 0.25) is 0 Å². The summed E-state index contributed by atoms with van der Waals surface area (Å²) in [5.41, 5.74) is 0.840. The number of pyridine rings is 1. The summed E-state index contributed by atoms with van der Waals surface area (Å²) in [4.78, 5) is 14.2. The van der Waals surface area contributed by atoms with Crippen LogP contribution < -0.4 is 0 Å². The Morgan fingerprint density at radius 1 is 1.62 bits per heavy atom. The van der Waals surface area contributed by atoms with E-state index < -0.39 is 0 Å². The van der Waals surface area contributed by atoms with Gasteiger partial charge in [-0.3, -0.25) is 9.78 Å². The first-order valence-electron chi connectivity index (χ1n) is 3.44. The molecule has 3 radical (unpaired) electrons. The Labute approximate surface area is 79.2 Å². The van der Waals surface area contributed by atoms with Crippen LogP contribution in [-0.4, -0.2) is 21.5 Å². The van der Waals surface area contributed by atoms with Gasteiger partial charge in [-0.25, -0.2) is 0 Å². The molecule has 1 aromatic heterocycles. The molecule has 0 aromatic carbocycles. The maximum Gasteiger partial charge on any atom is 0.154 e. The predicted molar refractivity (Wildman–Crippen MR) is 48.9 cm³/mol. The zero-order valence-electron chi connectivity index (χ0n) is 7.06. The number of hydrogen-bond donors (Lipinski definition) is 2. The average Bonchev–Trinajstić information content (AvgIpc) is 2.09. The number of aromatic hydroxyl groups is 1. The molecule has 0 unspecified atom stereocenters. The first-order valence-corrected chi connectivity index (χ1v) is 3.44. The fourth-order valence-electron chi connectivity index (χ4n) is 0.910. The molecule has 1 rings (SSSR count). The summed E-state index contributed by atoms with van der Waals surface area (Å²) in [6.45, 7) is 1.29. The number of aliphatic hydroxyl groups is 1. The zero-order valence-corrected chi connectivity index (χ0v) is 7.95. The van der Waals surface area contributed by atoms with E-state index in [0.717, 1.165) is 0 Å². The second-order valence-electron chi connectivity index (χ2n) is 2.41. The maximum atomic E-state index is 10.5. The molecule has 0 atom stereocenters. The molecule has 0 aliphatic rings. The molecule has 4 nitrogen and oxygen atoms in total. The van der Waals surface area contributed by atoms with Gasteiger partial charge < -0.3 is 10.2 Å². The minimum absolute atomic E-state index is 0. The summed E-state index contributed by atoms with van der Waals surface area (Å²) in [6.07, 6.45) is 1.88. The van der Waals surface area contributed by atoms with E-state index in [0.29, 0.717) is 17.5 Å². The lowest BCUT2D eigenvalue weighted by Crippen LogP contribution is -1.96. The van der Waals surface area contributed by atoms with E-state index in [-0.39, 0.29) is 27.8 Å². The van der Waals surface area contributed by atoms with Gasteiger partial charge in [0.25, 0.3) is 0 Å². The molecule has 13 heavy (non-hydrogen) atoms. The minimum atomic E-state index is -0.297. The molecule has 69 valence electrons. The minimum Gasteiger partial charge on any atom is -0.505 e. The number of hydrogen-bond acceptors (Lipinski definition) is 4. The number of nitrogens with zero attached hydrogens (tertiary/aromatic N) is 1. The summed E-state index contributed by atoms with van der Waals surface area (Å²) < 4.78 is 0. The molecule has 5 heteroatoms. The Bertz CT molecular complexity index is 315. The van der Waals surface area contributed by atoms with Crippen LogP contribution in [0, 0.1) is 6.92 Å². The Morgan fingerprint density at radius 3 is 2.69 bits per heavy atom. The van der Waals surface area contributed by atoms with Crippen LogP contribution in [0.15, 0.2) is 6.20 Å². The van der Waals surface area contributed by atoms with Crippen LogP contribution in [0.5, 0.6) is 5.75 Å². The third-order valence-corrected chi connectivity index (χ3v) is 1.65. The van der Waals surface area contributed by atoms with Crippen LogP contribution in [0.1, 0.15) is 21.6 Å². The predicted octanol–water partition coefficient (Wildman–Crippen LogP) is 1.26. The second kappa shape index (κ2) is 4.90. The average molecular weight is 198 g/mol. The number of aromatic nitrogens is 1. The quantitative estimate of drug-likeness (QED) is 0.554. The highest BCUT2D eigenvalue weighted by molar-refractivity contribution is 6.92. The lowest BCUT2D eigenvalue weighted by molar-refractivity contribution is 0.111. The molecule has 0 aliphatic carbocycles. The van der Waals surface area contributed by atoms with E-state index in [1.165, 1.54) is 6.20 Å². The van der Waals surface area contributed by atoms with Gasteiger partial charge in [0, 0.05) is 21.7 Å². The summed E-state index contributed by atoms with van der Waals surface area (Å²) in [5, 5.41) is 18.1. The largest absolute Gasteiger partial charge is 0.505 e. The van der Waals surface area contributed by atoms with Crippen LogP contribution in [-0.2, 0) is 6.61 Å². The number of aryl methyl sites for hydroxylation is 1. The van der Waals surface area contributed by atoms with Crippen molar-refractivity contribution in [3.63, 3.8) is 0 Å². The summed E-state index contributed by atoms with van der Waals surface area (Å²) >= 11 is 0. The van der Waals surface area contributed by atoms with Gasteiger partial charge in [0.05, 0.1) is 17.9 Å². The lowest BCUT2D eigenvalue weighted by atomic mass is 10.1. The van der Waals surface area contributed by atoms with Gasteiger partial charge >= 0.3 is 0 Å². The number of aldehydes is 1. The van der Waals surface area contributed by atoms with Gasteiger partial charge in [-0.15, -0.1) is 0 Å². The Balaban J connectivity index is 0.00000144. The zero-order chi connectivity index (χ0) is 9.14. The monoisotopic (exact) mass is 198 g/mol. The van der Waals surface area contributed by atoms with E-state index in [9.17, 15) is 9.90 Å². The van der Waals surface area contributed by atoms with Crippen LogP contribution >= 0.6 is 9.90 Å². The molecule has 1 heterocycles. The molecule has 2 N–H and O–H groups in total. The molecule has 0 saturated heterocycles. The molecule has 0 aliphatic heterocycles. The highest BCUT2D eigenvalue weighted by atomic mass is 31.0. The van der Waals surface area contributed by atoms with Crippen molar-refractivity contribution in [2.45, 2.75) is 13.5 Å². The normalized spacial score (nSPS) is 9.08. The van der Waals surface area contributed by atoms with Gasteiger partial charge in [0.15, 0.2) is 6.29 Å². The van der Waals surface area contributed by atoms with Gasteiger partial charge in [0.2, 0.25) is 0 Å². The molecule has 1 aromatic rings. The Kier molecular flexibility index (Phi) is 4.52. The molecule has 0 fully saturated rings. The van der Waals surface area contributed by atoms with E-state index in [1.54, 1.807) is 6.92 Å². The number of carbonyl (C=O) groups is 1. The number of rotatable bonds is 2. The van der Waals surface area contributed by atoms with Crippen molar-refractivity contribution in [1.82, 2.24) is 4.98 Å². The highest BCUT2D eigenvalue weighted by Gasteiger charge is 2.09. The van der Waals surface area contributed by atoms with E-state index in [1.807, 2.05) is 0 Å². The van der Waals surface area contributed by atoms with E-state index in [4.69, 9.17) is 5.11 Å². The van der Waals surface area contributed by atoms with Crippen LogP contribution in [0.4, 0.5) is 0 Å². The van der Waals surface area contributed by atoms with Crippen LogP contribution in [0.3, 0.4) is 0 Å². The second-order valence-corrected chi connectivity index (χ2v) is 2.41.